The maximum absolute atomic E-state index is 12.4. The molecule has 116 valence electrons. The molecule has 0 aliphatic rings. The van der Waals surface area contributed by atoms with E-state index in [0.29, 0.717) is 0 Å². The Morgan fingerprint density at radius 1 is 1.20 bits per heavy atom. The molecule has 0 fully saturated rings. The number of aromatic nitrogens is 2. The van der Waals surface area contributed by atoms with E-state index in [1.807, 2.05) is 27.7 Å². The number of hydrogen-bond donors (Lipinski definition) is 1. The zero-order valence-electron chi connectivity index (χ0n) is 13.0. The molecule has 6 heteroatoms. The van der Waals surface area contributed by atoms with Crippen LogP contribution in [0.5, 0.6) is 0 Å². The lowest BCUT2D eigenvalue weighted by atomic mass is 9.88. The van der Waals surface area contributed by atoms with Gasteiger partial charge >= 0.3 is 6.18 Å². The first-order valence-corrected chi connectivity index (χ1v) is 6.69. The van der Waals surface area contributed by atoms with Crippen LogP contribution in [0.2, 0.25) is 0 Å². The summed E-state index contributed by atoms with van der Waals surface area (Å²) >= 11 is 0. The predicted octanol–water partition coefficient (Wildman–Crippen LogP) is 4.76. The van der Waals surface area contributed by atoms with Gasteiger partial charge < -0.3 is 5.32 Å². The van der Waals surface area contributed by atoms with Gasteiger partial charge in [0.25, 0.3) is 0 Å². The number of anilines is 1. The highest BCUT2D eigenvalue weighted by Gasteiger charge is 2.34. The normalized spacial score (nSPS) is 13.2. The quantitative estimate of drug-likeness (QED) is 0.853. The van der Waals surface area contributed by atoms with Crippen LogP contribution in [0.4, 0.5) is 19.0 Å². The van der Waals surface area contributed by atoms with Crippen molar-refractivity contribution in [2.45, 2.75) is 60.2 Å². The molecular weight excluding hydrogens is 267 g/mol. The summed E-state index contributed by atoms with van der Waals surface area (Å²) in [4.78, 5) is 6.65. The lowest BCUT2D eigenvalue weighted by molar-refractivity contribution is -0.144. The van der Waals surface area contributed by atoms with Gasteiger partial charge in [0.15, 0.2) is 0 Å². The second-order valence-electron chi connectivity index (χ2n) is 5.70. The minimum Gasteiger partial charge on any atom is -0.367 e. The zero-order valence-corrected chi connectivity index (χ0v) is 13.0. The van der Waals surface area contributed by atoms with E-state index >= 15 is 0 Å². The predicted molar refractivity (Wildman–Crippen MR) is 75.5 cm³/mol. The Bertz CT molecular complexity index is 397. The lowest BCUT2D eigenvalue weighted by Crippen LogP contribution is -2.31. The Kier molecular flexibility index (Phi) is 6.96. The topological polar surface area (TPSA) is 37.8 Å². The largest absolute Gasteiger partial charge is 0.451 e. The van der Waals surface area contributed by atoms with Crippen LogP contribution in [0.15, 0.2) is 12.3 Å². The van der Waals surface area contributed by atoms with Crippen molar-refractivity contribution in [3.63, 3.8) is 0 Å². The molecule has 0 aliphatic carbocycles. The Morgan fingerprint density at radius 3 is 2.10 bits per heavy atom. The van der Waals surface area contributed by atoms with Crippen molar-refractivity contribution in [2.24, 2.45) is 5.41 Å². The Morgan fingerprint density at radius 2 is 1.70 bits per heavy atom. The number of nitrogens with zero attached hydrogens (tertiary/aromatic N) is 2. The Labute approximate surface area is 119 Å². The molecule has 1 aromatic rings. The van der Waals surface area contributed by atoms with Crippen molar-refractivity contribution >= 4 is 5.82 Å². The fourth-order valence-corrected chi connectivity index (χ4v) is 1.01. The molecule has 1 aromatic heterocycles. The van der Waals surface area contributed by atoms with Gasteiger partial charge in [-0.05, 0) is 18.4 Å². The first-order chi connectivity index (χ1) is 9.02. The Balaban J connectivity index is 0.00000110. The molecule has 1 rings (SSSR count). The van der Waals surface area contributed by atoms with Crippen molar-refractivity contribution in [1.29, 1.82) is 0 Å². The van der Waals surface area contributed by atoms with Gasteiger partial charge in [-0.25, -0.2) is 9.97 Å². The van der Waals surface area contributed by atoms with E-state index in [1.54, 1.807) is 0 Å². The smallest absolute Gasteiger partial charge is 0.367 e. The third-order valence-corrected chi connectivity index (χ3v) is 2.57. The number of nitrogens with one attached hydrogen (secondary N) is 1. The second kappa shape index (κ2) is 7.45. The molecule has 0 bridgehead atoms. The average molecular weight is 291 g/mol. The summed E-state index contributed by atoms with van der Waals surface area (Å²) in [5, 5.41) is 2.94. The number of halogens is 3. The summed E-state index contributed by atoms with van der Waals surface area (Å²) < 4.78 is 37.2. The molecule has 0 aliphatic heterocycles. The van der Waals surface area contributed by atoms with Gasteiger partial charge in [-0.3, -0.25) is 0 Å². The SMILES string of the molecule is CC(Nc1ccnc(C(F)(F)F)n1)C(C)(C)C.CCC. The van der Waals surface area contributed by atoms with E-state index in [0.717, 1.165) is 6.20 Å². The van der Waals surface area contributed by atoms with E-state index < -0.39 is 12.0 Å². The summed E-state index contributed by atoms with van der Waals surface area (Å²) in [6.45, 7) is 12.1. The highest BCUT2D eigenvalue weighted by atomic mass is 19.4. The van der Waals surface area contributed by atoms with Gasteiger partial charge in [0.05, 0.1) is 0 Å². The molecule has 1 unspecified atom stereocenters. The van der Waals surface area contributed by atoms with E-state index in [-0.39, 0.29) is 17.3 Å². The summed E-state index contributed by atoms with van der Waals surface area (Å²) in [5.74, 6) is -0.932. The van der Waals surface area contributed by atoms with Gasteiger partial charge in [0.2, 0.25) is 5.82 Å². The maximum atomic E-state index is 12.4. The highest BCUT2D eigenvalue weighted by Crippen LogP contribution is 2.27. The maximum Gasteiger partial charge on any atom is 0.451 e. The number of hydrogen-bond acceptors (Lipinski definition) is 3. The van der Waals surface area contributed by atoms with E-state index in [4.69, 9.17) is 0 Å². The van der Waals surface area contributed by atoms with E-state index in [9.17, 15) is 13.2 Å². The molecule has 1 atom stereocenters. The summed E-state index contributed by atoms with van der Waals surface area (Å²) in [6.07, 6.45) is -2.16. The number of rotatable bonds is 2. The lowest BCUT2D eigenvalue weighted by Gasteiger charge is -2.28. The molecule has 20 heavy (non-hydrogen) atoms. The Hall–Kier alpha value is -1.33. The zero-order chi connectivity index (χ0) is 16.0. The van der Waals surface area contributed by atoms with Gasteiger partial charge in [0.1, 0.15) is 5.82 Å². The summed E-state index contributed by atoms with van der Waals surface area (Å²) in [5.41, 5.74) is -0.0661. The average Bonchev–Trinajstić information content (AvgIpc) is 2.28. The van der Waals surface area contributed by atoms with E-state index in [1.165, 1.54) is 12.5 Å². The van der Waals surface area contributed by atoms with Gasteiger partial charge in [-0.2, -0.15) is 13.2 Å². The molecule has 0 aromatic carbocycles. The highest BCUT2D eigenvalue weighted by molar-refractivity contribution is 5.34. The van der Waals surface area contributed by atoms with Gasteiger partial charge in [-0.15, -0.1) is 0 Å². The van der Waals surface area contributed by atoms with Crippen molar-refractivity contribution in [3.8, 4) is 0 Å². The molecule has 0 saturated heterocycles. The summed E-state index contributed by atoms with van der Waals surface area (Å²) in [6, 6.07) is 1.43. The van der Waals surface area contributed by atoms with Crippen LogP contribution in [0.25, 0.3) is 0 Å². The van der Waals surface area contributed by atoms with Crippen LogP contribution in [0, 0.1) is 5.41 Å². The van der Waals surface area contributed by atoms with Gasteiger partial charge in [-0.1, -0.05) is 41.0 Å². The van der Waals surface area contributed by atoms with Crippen LogP contribution in [-0.2, 0) is 6.18 Å². The molecule has 1 heterocycles. The molecule has 3 nitrogen and oxygen atoms in total. The van der Waals surface area contributed by atoms with Crippen molar-refractivity contribution in [1.82, 2.24) is 9.97 Å². The summed E-state index contributed by atoms with van der Waals surface area (Å²) in [7, 11) is 0. The second-order valence-corrected chi connectivity index (χ2v) is 5.70. The van der Waals surface area contributed by atoms with Crippen LogP contribution >= 0.6 is 0 Å². The van der Waals surface area contributed by atoms with Crippen LogP contribution < -0.4 is 5.32 Å². The molecule has 0 amide bonds. The third-order valence-electron chi connectivity index (χ3n) is 2.57. The van der Waals surface area contributed by atoms with Crippen LogP contribution in [-0.4, -0.2) is 16.0 Å². The van der Waals surface area contributed by atoms with E-state index in [2.05, 4.69) is 29.1 Å². The van der Waals surface area contributed by atoms with Crippen molar-refractivity contribution < 1.29 is 13.2 Å². The molecule has 0 radical (unpaired) electrons. The first kappa shape index (κ1) is 18.7. The first-order valence-electron chi connectivity index (χ1n) is 6.69. The third kappa shape index (κ3) is 6.73. The standard InChI is InChI=1S/C11H16F3N3.C3H8/c1-7(10(2,3)4)16-8-5-6-15-9(17-8)11(12,13)14;1-3-2/h5-7H,1-4H3,(H,15,16,17);3H2,1-2H3. The van der Waals surface area contributed by atoms with Crippen molar-refractivity contribution in [3.05, 3.63) is 18.1 Å². The fourth-order valence-electron chi connectivity index (χ4n) is 1.01. The minimum atomic E-state index is -4.51. The molecule has 0 spiro atoms. The molecule has 0 saturated carbocycles. The van der Waals surface area contributed by atoms with Crippen LogP contribution in [0.1, 0.15) is 53.8 Å². The monoisotopic (exact) mass is 291 g/mol. The van der Waals surface area contributed by atoms with Gasteiger partial charge in [0, 0.05) is 12.2 Å². The molecular formula is C14H24F3N3. The van der Waals surface area contributed by atoms with Crippen LogP contribution in [0.3, 0.4) is 0 Å². The number of alkyl halides is 3. The fraction of sp³-hybridized carbons (Fsp3) is 0.714. The molecule has 1 N–H and O–H groups in total. The van der Waals surface area contributed by atoms with Crippen molar-refractivity contribution in [2.75, 3.05) is 5.32 Å². The minimum absolute atomic E-state index is 0.00140.